The van der Waals surface area contributed by atoms with Gasteiger partial charge in [-0.3, -0.25) is 4.98 Å². The zero-order valence-corrected chi connectivity index (χ0v) is 13.0. The molecular formula is C16H28N2O. The molecule has 0 radical (unpaired) electrons. The predicted octanol–water partition coefficient (Wildman–Crippen LogP) is 3.96. The van der Waals surface area contributed by atoms with E-state index in [1.807, 2.05) is 12.3 Å². The predicted molar refractivity (Wildman–Crippen MR) is 80.5 cm³/mol. The number of rotatable bonds is 7. The fraction of sp³-hybridized carbons (Fsp3) is 0.688. The number of nitrogens with zero attached hydrogens (tertiary/aromatic N) is 1. The lowest BCUT2D eigenvalue weighted by atomic mass is 9.93. The average Bonchev–Trinajstić information content (AvgIpc) is 2.35. The Morgan fingerprint density at radius 1 is 1.26 bits per heavy atom. The van der Waals surface area contributed by atoms with Crippen LogP contribution in [0.5, 0.6) is 5.75 Å². The van der Waals surface area contributed by atoms with E-state index >= 15 is 0 Å². The molecule has 3 heteroatoms. The van der Waals surface area contributed by atoms with Crippen molar-refractivity contribution < 1.29 is 4.74 Å². The monoisotopic (exact) mass is 264 g/mol. The summed E-state index contributed by atoms with van der Waals surface area (Å²) in [6.07, 6.45) is 3.92. The highest BCUT2D eigenvalue weighted by Crippen LogP contribution is 2.20. The summed E-state index contributed by atoms with van der Waals surface area (Å²) in [7, 11) is 0. The molecular weight excluding hydrogens is 236 g/mol. The Hall–Kier alpha value is -1.09. The van der Waals surface area contributed by atoms with Gasteiger partial charge in [0.2, 0.25) is 0 Å². The number of ether oxygens (including phenoxy) is 1. The van der Waals surface area contributed by atoms with Crippen molar-refractivity contribution in [3.63, 3.8) is 0 Å². The molecule has 0 fully saturated rings. The van der Waals surface area contributed by atoms with Gasteiger partial charge in [0, 0.05) is 6.04 Å². The van der Waals surface area contributed by atoms with Crippen LogP contribution in [0.2, 0.25) is 0 Å². The molecule has 1 aromatic heterocycles. The highest BCUT2D eigenvalue weighted by atomic mass is 16.5. The van der Waals surface area contributed by atoms with Crippen molar-refractivity contribution in [3.8, 4) is 5.75 Å². The maximum atomic E-state index is 5.73. The second-order valence-electron chi connectivity index (χ2n) is 6.10. The van der Waals surface area contributed by atoms with E-state index in [4.69, 9.17) is 4.74 Å². The quantitative estimate of drug-likeness (QED) is 0.809. The van der Waals surface area contributed by atoms with Gasteiger partial charge in [0.1, 0.15) is 5.75 Å². The van der Waals surface area contributed by atoms with Crippen molar-refractivity contribution in [2.75, 3.05) is 13.2 Å². The molecule has 0 bridgehead atoms. The van der Waals surface area contributed by atoms with Crippen LogP contribution in [0.15, 0.2) is 18.3 Å². The molecule has 0 aromatic carbocycles. The van der Waals surface area contributed by atoms with Gasteiger partial charge in [0.05, 0.1) is 18.5 Å². The minimum atomic E-state index is 0.311. The van der Waals surface area contributed by atoms with E-state index < -0.39 is 0 Å². The number of aromatic nitrogens is 1. The van der Waals surface area contributed by atoms with E-state index in [0.29, 0.717) is 11.5 Å². The lowest BCUT2D eigenvalue weighted by molar-refractivity contribution is 0.242. The van der Waals surface area contributed by atoms with Crippen LogP contribution in [-0.2, 0) is 0 Å². The molecule has 0 saturated heterocycles. The number of nitrogens with one attached hydrogen (secondary N) is 1. The molecule has 0 spiro atoms. The largest absolute Gasteiger partial charge is 0.492 e. The molecule has 0 saturated carbocycles. The third-order valence-corrected chi connectivity index (χ3v) is 3.10. The van der Waals surface area contributed by atoms with E-state index in [0.717, 1.165) is 37.4 Å². The summed E-state index contributed by atoms with van der Waals surface area (Å²) in [5.74, 6) is 0.861. The summed E-state index contributed by atoms with van der Waals surface area (Å²) < 4.78 is 5.73. The van der Waals surface area contributed by atoms with Gasteiger partial charge in [-0.2, -0.15) is 0 Å². The van der Waals surface area contributed by atoms with Gasteiger partial charge < -0.3 is 10.1 Å². The maximum absolute atomic E-state index is 5.73. The molecule has 1 aromatic rings. The smallest absolute Gasteiger partial charge is 0.137 e. The number of pyridine rings is 1. The van der Waals surface area contributed by atoms with Crippen molar-refractivity contribution in [1.29, 1.82) is 0 Å². The molecule has 108 valence electrons. The normalized spacial score (nSPS) is 13.3. The third-order valence-electron chi connectivity index (χ3n) is 3.10. The average molecular weight is 264 g/mol. The molecule has 3 nitrogen and oxygen atoms in total. The Kier molecular flexibility index (Phi) is 6.29. The standard InChI is InChI=1S/C16H28N2O/c1-6-14(17-7-2)15-9-8-13(12-18-15)19-11-10-16(3,4)5/h8-9,12,14,17H,6-7,10-11H2,1-5H3. The summed E-state index contributed by atoms with van der Waals surface area (Å²) in [6.45, 7) is 12.7. The highest BCUT2D eigenvalue weighted by Gasteiger charge is 2.11. The first-order valence-electron chi connectivity index (χ1n) is 7.28. The van der Waals surface area contributed by atoms with Crippen LogP contribution in [0.4, 0.5) is 0 Å². The minimum absolute atomic E-state index is 0.311. The van der Waals surface area contributed by atoms with Crippen LogP contribution in [-0.4, -0.2) is 18.1 Å². The Labute approximate surface area is 117 Å². The van der Waals surface area contributed by atoms with Crippen LogP contribution in [0.3, 0.4) is 0 Å². The van der Waals surface area contributed by atoms with Crippen LogP contribution < -0.4 is 10.1 Å². The summed E-state index contributed by atoms with van der Waals surface area (Å²) >= 11 is 0. The van der Waals surface area contributed by atoms with Crippen LogP contribution in [0, 0.1) is 5.41 Å². The molecule has 1 N–H and O–H groups in total. The van der Waals surface area contributed by atoms with Gasteiger partial charge in [-0.1, -0.05) is 34.6 Å². The van der Waals surface area contributed by atoms with E-state index in [-0.39, 0.29) is 0 Å². The summed E-state index contributed by atoms with van der Waals surface area (Å²) in [4.78, 5) is 4.50. The Bertz CT molecular complexity index is 354. The SMILES string of the molecule is CCNC(CC)c1ccc(OCCC(C)(C)C)cn1. The third kappa shape index (κ3) is 6.06. The molecule has 19 heavy (non-hydrogen) atoms. The molecule has 0 aliphatic carbocycles. The van der Waals surface area contributed by atoms with Gasteiger partial charge in [-0.25, -0.2) is 0 Å². The van der Waals surface area contributed by atoms with E-state index in [1.54, 1.807) is 0 Å². The molecule has 1 atom stereocenters. The Balaban J connectivity index is 2.51. The fourth-order valence-electron chi connectivity index (χ4n) is 1.86. The fourth-order valence-corrected chi connectivity index (χ4v) is 1.86. The first-order chi connectivity index (χ1) is 8.96. The molecule has 0 aliphatic heterocycles. The topological polar surface area (TPSA) is 34.1 Å². The summed E-state index contributed by atoms with van der Waals surface area (Å²) in [5.41, 5.74) is 1.40. The lowest BCUT2D eigenvalue weighted by Gasteiger charge is -2.18. The maximum Gasteiger partial charge on any atom is 0.137 e. The van der Waals surface area contributed by atoms with Gasteiger partial charge >= 0.3 is 0 Å². The zero-order valence-electron chi connectivity index (χ0n) is 13.0. The van der Waals surface area contributed by atoms with Crippen LogP contribution in [0.1, 0.15) is 59.2 Å². The molecule has 1 heterocycles. The second kappa shape index (κ2) is 7.49. The molecule has 0 amide bonds. The van der Waals surface area contributed by atoms with Crippen molar-refractivity contribution in [3.05, 3.63) is 24.0 Å². The van der Waals surface area contributed by atoms with Crippen LogP contribution in [0.25, 0.3) is 0 Å². The Morgan fingerprint density at radius 2 is 2.00 bits per heavy atom. The van der Waals surface area contributed by atoms with E-state index in [9.17, 15) is 0 Å². The zero-order chi connectivity index (χ0) is 14.3. The van der Waals surface area contributed by atoms with Crippen molar-refractivity contribution in [2.45, 2.75) is 53.5 Å². The summed E-state index contributed by atoms with van der Waals surface area (Å²) in [6, 6.07) is 4.42. The van der Waals surface area contributed by atoms with Crippen molar-refractivity contribution in [1.82, 2.24) is 10.3 Å². The van der Waals surface area contributed by atoms with Crippen molar-refractivity contribution in [2.24, 2.45) is 5.41 Å². The first-order valence-corrected chi connectivity index (χ1v) is 7.28. The lowest BCUT2D eigenvalue weighted by Crippen LogP contribution is -2.21. The van der Waals surface area contributed by atoms with Gasteiger partial charge in [0.15, 0.2) is 0 Å². The van der Waals surface area contributed by atoms with Gasteiger partial charge in [-0.15, -0.1) is 0 Å². The van der Waals surface area contributed by atoms with Gasteiger partial charge in [0.25, 0.3) is 0 Å². The number of hydrogen-bond acceptors (Lipinski definition) is 3. The Morgan fingerprint density at radius 3 is 2.47 bits per heavy atom. The number of hydrogen-bond donors (Lipinski definition) is 1. The van der Waals surface area contributed by atoms with E-state index in [2.05, 4.69) is 51.0 Å². The minimum Gasteiger partial charge on any atom is -0.492 e. The molecule has 0 aliphatic rings. The van der Waals surface area contributed by atoms with Crippen molar-refractivity contribution >= 4 is 0 Å². The molecule has 1 rings (SSSR count). The van der Waals surface area contributed by atoms with Crippen LogP contribution >= 0.6 is 0 Å². The van der Waals surface area contributed by atoms with E-state index in [1.165, 1.54) is 0 Å². The summed E-state index contributed by atoms with van der Waals surface area (Å²) in [5, 5.41) is 3.43. The second-order valence-corrected chi connectivity index (χ2v) is 6.10. The molecule has 1 unspecified atom stereocenters. The highest BCUT2D eigenvalue weighted by molar-refractivity contribution is 5.21. The van der Waals surface area contributed by atoms with Gasteiger partial charge in [-0.05, 0) is 36.9 Å². The first kappa shape index (κ1) is 16.0.